The van der Waals surface area contributed by atoms with Crippen molar-refractivity contribution in [1.29, 1.82) is 0 Å². The van der Waals surface area contributed by atoms with E-state index in [2.05, 4.69) is 15.2 Å². The summed E-state index contributed by atoms with van der Waals surface area (Å²) in [5, 5.41) is 4.01. The molecular weight excluding hydrogens is 377 g/mol. The highest BCUT2D eigenvalue weighted by Crippen LogP contribution is 2.16. The summed E-state index contributed by atoms with van der Waals surface area (Å²) in [6.07, 6.45) is 0.0721. The van der Waals surface area contributed by atoms with Crippen LogP contribution in [-0.2, 0) is 0 Å². The lowest BCUT2D eigenvalue weighted by atomic mass is 10.3. The van der Waals surface area contributed by atoms with Crippen molar-refractivity contribution in [2.45, 2.75) is 13.0 Å². The zero-order chi connectivity index (χ0) is 13.0. The normalized spacial score (nSPS) is 15.5. The lowest BCUT2D eigenvalue weighted by Gasteiger charge is -2.19. The van der Waals surface area contributed by atoms with Crippen molar-refractivity contribution in [1.82, 2.24) is 10.2 Å². The Morgan fingerprint density at radius 3 is 2.68 bits per heavy atom. The highest BCUT2D eigenvalue weighted by Gasteiger charge is 2.13. The molecule has 0 spiro atoms. The Hall–Kier alpha value is -0.690. The molecule has 0 saturated carbocycles. The summed E-state index contributed by atoms with van der Waals surface area (Å²) < 4.78 is 5.77. The summed E-state index contributed by atoms with van der Waals surface area (Å²) >= 11 is 5.82. The van der Waals surface area contributed by atoms with Crippen LogP contribution in [0, 0.1) is 0 Å². The van der Waals surface area contributed by atoms with Gasteiger partial charge in [-0.1, -0.05) is 11.6 Å². The van der Waals surface area contributed by atoms with E-state index in [0.29, 0.717) is 0 Å². The minimum atomic E-state index is 0. The Morgan fingerprint density at radius 2 is 2.11 bits per heavy atom. The molecule has 0 aliphatic carbocycles. The second kappa shape index (κ2) is 7.79. The van der Waals surface area contributed by atoms with Gasteiger partial charge >= 0.3 is 0 Å². The lowest BCUT2D eigenvalue weighted by molar-refractivity contribution is 0.223. The minimum Gasteiger partial charge on any atom is -0.489 e. The largest absolute Gasteiger partial charge is 0.489 e. The van der Waals surface area contributed by atoms with Gasteiger partial charge in [0, 0.05) is 18.6 Å². The Kier molecular flexibility index (Phi) is 6.71. The number of halogens is 2. The van der Waals surface area contributed by atoms with Gasteiger partial charge in [0.05, 0.1) is 13.1 Å². The third kappa shape index (κ3) is 5.06. The predicted molar refractivity (Wildman–Crippen MR) is 89.9 cm³/mol. The standard InChI is InChI=1S/C13H18ClN3O.HI/c1-10(9-16-13-15-7-8-17(13)2)18-12-5-3-11(14)4-6-12;/h3-6,10H,7-9H2,1-2H3,(H,15,16);1H. The van der Waals surface area contributed by atoms with Gasteiger partial charge in [0.15, 0.2) is 5.96 Å². The number of hydrogen-bond acceptors (Lipinski definition) is 4. The van der Waals surface area contributed by atoms with E-state index in [-0.39, 0.29) is 30.1 Å². The molecule has 1 unspecified atom stereocenters. The minimum absolute atomic E-state index is 0. The fourth-order valence-corrected chi connectivity index (χ4v) is 1.87. The molecule has 19 heavy (non-hydrogen) atoms. The smallest absolute Gasteiger partial charge is 0.193 e. The van der Waals surface area contributed by atoms with Crippen molar-refractivity contribution in [3.63, 3.8) is 0 Å². The molecule has 1 aromatic rings. The van der Waals surface area contributed by atoms with Crippen LogP contribution in [0.25, 0.3) is 0 Å². The number of likely N-dealkylation sites (N-methyl/N-ethyl adjacent to an activating group) is 1. The number of ether oxygens (including phenoxy) is 1. The molecule has 1 aliphatic heterocycles. The molecule has 6 heteroatoms. The number of guanidine groups is 1. The van der Waals surface area contributed by atoms with Gasteiger partial charge in [-0.25, -0.2) is 0 Å². The van der Waals surface area contributed by atoms with E-state index < -0.39 is 0 Å². The van der Waals surface area contributed by atoms with Crippen LogP contribution in [-0.4, -0.2) is 43.6 Å². The number of aliphatic imine (C=N–C) groups is 1. The molecule has 0 amide bonds. The summed E-state index contributed by atoms with van der Waals surface area (Å²) in [5.74, 6) is 1.77. The second-order valence-electron chi connectivity index (χ2n) is 4.39. The molecule has 1 atom stereocenters. The molecule has 1 aromatic carbocycles. The maximum absolute atomic E-state index is 5.82. The van der Waals surface area contributed by atoms with Crippen LogP contribution in [0.1, 0.15) is 6.92 Å². The van der Waals surface area contributed by atoms with E-state index in [1.165, 1.54) is 0 Å². The summed E-state index contributed by atoms with van der Waals surface area (Å²) in [6, 6.07) is 7.40. The average molecular weight is 396 g/mol. The Labute approximate surface area is 136 Å². The zero-order valence-corrected chi connectivity index (χ0v) is 14.2. The molecule has 0 fully saturated rings. The van der Waals surface area contributed by atoms with Gasteiger partial charge in [0.1, 0.15) is 11.9 Å². The van der Waals surface area contributed by atoms with E-state index in [0.717, 1.165) is 36.4 Å². The molecule has 1 N–H and O–H groups in total. The highest BCUT2D eigenvalue weighted by atomic mass is 127. The van der Waals surface area contributed by atoms with Gasteiger partial charge in [-0.15, -0.1) is 24.0 Å². The zero-order valence-electron chi connectivity index (χ0n) is 11.1. The Morgan fingerprint density at radius 1 is 1.42 bits per heavy atom. The van der Waals surface area contributed by atoms with E-state index >= 15 is 0 Å². The van der Waals surface area contributed by atoms with Crippen molar-refractivity contribution >= 4 is 41.5 Å². The number of hydrogen-bond donors (Lipinski definition) is 1. The molecule has 0 bridgehead atoms. The molecule has 0 aromatic heterocycles. The van der Waals surface area contributed by atoms with Crippen LogP contribution >= 0.6 is 35.6 Å². The average Bonchev–Trinajstić information content (AvgIpc) is 2.75. The molecule has 2 rings (SSSR count). The van der Waals surface area contributed by atoms with Crippen LogP contribution in [0.5, 0.6) is 5.75 Å². The summed E-state index contributed by atoms with van der Waals surface area (Å²) in [7, 11) is 2.03. The topological polar surface area (TPSA) is 36.9 Å². The molecule has 4 nitrogen and oxygen atoms in total. The van der Waals surface area contributed by atoms with Gasteiger partial charge in [-0.05, 0) is 31.2 Å². The third-order valence-corrected chi connectivity index (χ3v) is 3.01. The van der Waals surface area contributed by atoms with Crippen LogP contribution < -0.4 is 10.1 Å². The first-order valence-electron chi connectivity index (χ1n) is 6.07. The summed E-state index contributed by atoms with van der Waals surface area (Å²) in [4.78, 5) is 6.47. The Bertz CT molecular complexity index is 424. The third-order valence-electron chi connectivity index (χ3n) is 2.76. The maximum Gasteiger partial charge on any atom is 0.193 e. The van der Waals surface area contributed by atoms with Crippen LogP contribution in [0.15, 0.2) is 29.3 Å². The van der Waals surface area contributed by atoms with Crippen molar-refractivity contribution < 1.29 is 4.74 Å². The van der Waals surface area contributed by atoms with Crippen molar-refractivity contribution in [2.24, 2.45) is 4.99 Å². The molecule has 0 radical (unpaired) electrons. The van der Waals surface area contributed by atoms with Gasteiger partial charge in [-0.3, -0.25) is 4.99 Å². The summed E-state index contributed by atoms with van der Waals surface area (Å²) in [5.41, 5.74) is 0. The molecule has 1 heterocycles. The molecule has 106 valence electrons. The van der Waals surface area contributed by atoms with Crippen molar-refractivity contribution in [3.05, 3.63) is 29.3 Å². The first-order valence-corrected chi connectivity index (χ1v) is 6.44. The quantitative estimate of drug-likeness (QED) is 0.796. The monoisotopic (exact) mass is 395 g/mol. The van der Waals surface area contributed by atoms with Crippen LogP contribution in [0.3, 0.4) is 0 Å². The number of nitrogens with zero attached hydrogens (tertiary/aromatic N) is 2. The first-order chi connectivity index (χ1) is 8.65. The van der Waals surface area contributed by atoms with Gasteiger partial charge < -0.3 is 15.0 Å². The summed E-state index contributed by atoms with van der Waals surface area (Å²) in [6.45, 7) is 4.60. The highest BCUT2D eigenvalue weighted by molar-refractivity contribution is 14.0. The van der Waals surface area contributed by atoms with E-state index in [4.69, 9.17) is 16.3 Å². The van der Waals surface area contributed by atoms with Gasteiger partial charge in [-0.2, -0.15) is 0 Å². The Balaban J connectivity index is 0.00000180. The molecule has 0 saturated heterocycles. The van der Waals surface area contributed by atoms with E-state index in [9.17, 15) is 0 Å². The van der Waals surface area contributed by atoms with E-state index in [1.54, 1.807) is 0 Å². The number of benzene rings is 1. The van der Waals surface area contributed by atoms with E-state index in [1.807, 2.05) is 38.2 Å². The molecular formula is C13H19ClIN3O. The molecule has 1 aliphatic rings. The van der Waals surface area contributed by atoms with Crippen molar-refractivity contribution in [2.75, 3.05) is 26.7 Å². The maximum atomic E-state index is 5.82. The van der Waals surface area contributed by atoms with Crippen LogP contribution in [0.4, 0.5) is 0 Å². The first kappa shape index (κ1) is 16.4. The predicted octanol–water partition coefficient (Wildman–Crippen LogP) is 2.62. The van der Waals surface area contributed by atoms with Crippen molar-refractivity contribution in [3.8, 4) is 5.75 Å². The van der Waals surface area contributed by atoms with Crippen LogP contribution in [0.2, 0.25) is 5.02 Å². The lowest BCUT2D eigenvalue weighted by Crippen LogP contribution is -2.40. The number of nitrogens with one attached hydrogen (secondary N) is 1. The van der Waals surface area contributed by atoms with Gasteiger partial charge in [0.2, 0.25) is 0 Å². The number of rotatable bonds is 4. The fourth-order valence-electron chi connectivity index (χ4n) is 1.75. The van der Waals surface area contributed by atoms with Gasteiger partial charge in [0.25, 0.3) is 0 Å². The SMILES string of the molecule is CC(CNC1=NCCN1C)Oc1ccc(Cl)cc1.I. The fraction of sp³-hybridized carbons (Fsp3) is 0.462. The second-order valence-corrected chi connectivity index (χ2v) is 4.83.